The Morgan fingerprint density at radius 1 is 1.53 bits per heavy atom. The first-order valence-corrected chi connectivity index (χ1v) is 7.67. The smallest absolute Gasteiger partial charge is 0.0922 e. The number of thiophene rings is 1. The molecule has 0 spiro atoms. The van der Waals surface area contributed by atoms with Crippen LogP contribution in [0, 0.1) is 5.92 Å². The molecule has 1 saturated carbocycles. The summed E-state index contributed by atoms with van der Waals surface area (Å²) >= 11 is 1.65. The van der Waals surface area contributed by atoms with Crippen molar-refractivity contribution in [3.05, 3.63) is 22.4 Å². The van der Waals surface area contributed by atoms with E-state index in [1.165, 1.54) is 32.1 Å². The monoisotopic (exact) mass is 253 g/mol. The van der Waals surface area contributed by atoms with Gasteiger partial charge in [0, 0.05) is 12.6 Å². The summed E-state index contributed by atoms with van der Waals surface area (Å²) in [5, 5.41) is 17.6. The van der Waals surface area contributed by atoms with Crippen molar-refractivity contribution in [1.82, 2.24) is 5.32 Å². The van der Waals surface area contributed by atoms with Crippen LogP contribution in [0.2, 0.25) is 0 Å². The van der Waals surface area contributed by atoms with Gasteiger partial charge in [-0.2, -0.15) is 11.3 Å². The second kappa shape index (κ2) is 6.53. The lowest BCUT2D eigenvalue weighted by molar-refractivity contribution is 0.161. The molecule has 1 heterocycles. The third kappa shape index (κ3) is 3.80. The normalized spacial score (nSPS) is 26.9. The van der Waals surface area contributed by atoms with Crippen LogP contribution in [-0.4, -0.2) is 17.7 Å². The van der Waals surface area contributed by atoms with Gasteiger partial charge in [-0.25, -0.2) is 0 Å². The summed E-state index contributed by atoms with van der Waals surface area (Å²) in [6.07, 6.45) is 6.24. The largest absolute Gasteiger partial charge is 0.387 e. The first kappa shape index (κ1) is 13.1. The summed E-state index contributed by atoms with van der Waals surface area (Å²) in [6.45, 7) is 2.98. The van der Waals surface area contributed by atoms with Crippen LogP contribution in [0.15, 0.2) is 16.8 Å². The maximum atomic E-state index is 10.0. The van der Waals surface area contributed by atoms with Gasteiger partial charge in [-0.05, 0) is 41.1 Å². The topological polar surface area (TPSA) is 32.3 Å². The maximum absolute atomic E-state index is 10.0. The molecule has 0 aromatic carbocycles. The highest BCUT2D eigenvalue weighted by Gasteiger charge is 2.21. The first-order chi connectivity index (χ1) is 8.29. The lowest BCUT2D eigenvalue weighted by atomic mass is 9.84. The quantitative estimate of drug-likeness (QED) is 0.843. The standard InChI is InChI=1S/C14H23NOS/c1-2-11-4-3-5-13(8-11)15-9-14(16)12-6-7-17-10-12/h6-7,10-11,13-16H,2-5,8-9H2,1H3. The summed E-state index contributed by atoms with van der Waals surface area (Å²) in [6, 6.07) is 2.62. The Hall–Kier alpha value is -0.380. The average molecular weight is 253 g/mol. The maximum Gasteiger partial charge on any atom is 0.0922 e. The highest BCUT2D eigenvalue weighted by molar-refractivity contribution is 7.07. The molecule has 2 N–H and O–H groups in total. The van der Waals surface area contributed by atoms with Crippen molar-refractivity contribution in [2.24, 2.45) is 5.92 Å². The Balaban J connectivity index is 1.74. The third-order valence-electron chi connectivity index (χ3n) is 3.89. The molecule has 3 atom stereocenters. The average Bonchev–Trinajstić information content (AvgIpc) is 2.90. The fourth-order valence-corrected chi connectivity index (χ4v) is 3.41. The van der Waals surface area contributed by atoms with Gasteiger partial charge in [0.25, 0.3) is 0 Å². The molecule has 1 fully saturated rings. The Kier molecular flexibility index (Phi) is 5.01. The van der Waals surface area contributed by atoms with E-state index in [0.29, 0.717) is 12.6 Å². The molecule has 1 aliphatic carbocycles. The van der Waals surface area contributed by atoms with E-state index in [9.17, 15) is 5.11 Å². The minimum Gasteiger partial charge on any atom is -0.387 e. The zero-order valence-electron chi connectivity index (χ0n) is 10.6. The molecule has 0 saturated heterocycles. The molecular formula is C14H23NOS. The summed E-state index contributed by atoms with van der Waals surface area (Å²) in [7, 11) is 0. The highest BCUT2D eigenvalue weighted by Crippen LogP contribution is 2.26. The molecule has 3 heteroatoms. The summed E-state index contributed by atoms with van der Waals surface area (Å²) in [5.41, 5.74) is 1.05. The van der Waals surface area contributed by atoms with Crippen LogP contribution in [0.25, 0.3) is 0 Å². The third-order valence-corrected chi connectivity index (χ3v) is 4.59. The molecule has 1 aromatic heterocycles. The van der Waals surface area contributed by atoms with Crippen LogP contribution in [0.5, 0.6) is 0 Å². The van der Waals surface area contributed by atoms with Gasteiger partial charge in [0.15, 0.2) is 0 Å². The van der Waals surface area contributed by atoms with Crippen LogP contribution in [0.1, 0.15) is 50.7 Å². The predicted octanol–water partition coefficient (Wildman–Crippen LogP) is 3.34. The van der Waals surface area contributed by atoms with E-state index < -0.39 is 0 Å². The van der Waals surface area contributed by atoms with Crippen molar-refractivity contribution in [2.75, 3.05) is 6.54 Å². The van der Waals surface area contributed by atoms with E-state index in [0.717, 1.165) is 11.5 Å². The molecule has 0 aliphatic heterocycles. The fourth-order valence-electron chi connectivity index (χ4n) is 2.71. The number of rotatable bonds is 5. The number of nitrogens with one attached hydrogen (secondary N) is 1. The highest BCUT2D eigenvalue weighted by atomic mass is 32.1. The van der Waals surface area contributed by atoms with Gasteiger partial charge in [0.1, 0.15) is 0 Å². The molecule has 2 rings (SSSR count). The number of hydrogen-bond donors (Lipinski definition) is 2. The van der Waals surface area contributed by atoms with Crippen molar-refractivity contribution in [2.45, 2.75) is 51.2 Å². The SMILES string of the molecule is CCC1CCCC(NCC(O)c2ccsc2)C1. The number of aliphatic hydroxyl groups is 1. The second-order valence-electron chi connectivity index (χ2n) is 5.12. The Morgan fingerprint density at radius 2 is 2.41 bits per heavy atom. The van der Waals surface area contributed by atoms with E-state index in [4.69, 9.17) is 0 Å². The zero-order chi connectivity index (χ0) is 12.1. The van der Waals surface area contributed by atoms with Crippen LogP contribution in [0.3, 0.4) is 0 Å². The van der Waals surface area contributed by atoms with Crippen LogP contribution in [0.4, 0.5) is 0 Å². The first-order valence-electron chi connectivity index (χ1n) is 6.73. The predicted molar refractivity (Wildman–Crippen MR) is 73.3 cm³/mol. The molecule has 3 unspecified atom stereocenters. The zero-order valence-corrected chi connectivity index (χ0v) is 11.4. The summed E-state index contributed by atoms with van der Waals surface area (Å²) in [5.74, 6) is 0.888. The molecule has 0 amide bonds. The summed E-state index contributed by atoms with van der Waals surface area (Å²) < 4.78 is 0. The van der Waals surface area contributed by atoms with Crippen LogP contribution >= 0.6 is 11.3 Å². The Labute approximate surface area is 108 Å². The van der Waals surface area contributed by atoms with Gasteiger partial charge in [-0.3, -0.25) is 0 Å². The Morgan fingerprint density at radius 3 is 3.12 bits per heavy atom. The van der Waals surface area contributed by atoms with Crippen molar-refractivity contribution < 1.29 is 5.11 Å². The molecule has 1 aliphatic rings. The Bertz CT molecular complexity index is 312. The molecule has 17 heavy (non-hydrogen) atoms. The summed E-state index contributed by atoms with van der Waals surface area (Å²) in [4.78, 5) is 0. The molecule has 1 aromatic rings. The van der Waals surface area contributed by atoms with Crippen LogP contribution in [-0.2, 0) is 0 Å². The molecule has 2 nitrogen and oxygen atoms in total. The van der Waals surface area contributed by atoms with E-state index in [-0.39, 0.29) is 6.10 Å². The molecule has 96 valence electrons. The van der Waals surface area contributed by atoms with E-state index in [1.54, 1.807) is 11.3 Å². The van der Waals surface area contributed by atoms with Gasteiger partial charge in [-0.15, -0.1) is 0 Å². The second-order valence-corrected chi connectivity index (χ2v) is 5.90. The molecule has 0 bridgehead atoms. The van der Waals surface area contributed by atoms with Crippen molar-refractivity contribution in [3.63, 3.8) is 0 Å². The fraction of sp³-hybridized carbons (Fsp3) is 0.714. The van der Waals surface area contributed by atoms with Gasteiger partial charge in [0.2, 0.25) is 0 Å². The lowest BCUT2D eigenvalue weighted by Crippen LogP contribution is -2.36. The minimum atomic E-state index is -0.344. The van der Waals surface area contributed by atoms with Crippen molar-refractivity contribution >= 4 is 11.3 Å². The van der Waals surface area contributed by atoms with Gasteiger partial charge in [-0.1, -0.05) is 26.2 Å². The van der Waals surface area contributed by atoms with Gasteiger partial charge in [0.05, 0.1) is 6.10 Å². The van der Waals surface area contributed by atoms with Crippen molar-refractivity contribution in [3.8, 4) is 0 Å². The minimum absolute atomic E-state index is 0.344. The van der Waals surface area contributed by atoms with E-state index in [2.05, 4.69) is 12.2 Å². The molecular weight excluding hydrogens is 230 g/mol. The van der Waals surface area contributed by atoms with Gasteiger partial charge >= 0.3 is 0 Å². The van der Waals surface area contributed by atoms with Crippen molar-refractivity contribution in [1.29, 1.82) is 0 Å². The molecule has 0 radical (unpaired) electrons. The number of hydrogen-bond acceptors (Lipinski definition) is 3. The van der Waals surface area contributed by atoms with Gasteiger partial charge < -0.3 is 10.4 Å². The number of aliphatic hydroxyl groups excluding tert-OH is 1. The van der Waals surface area contributed by atoms with E-state index in [1.807, 2.05) is 16.8 Å². The van der Waals surface area contributed by atoms with Crippen LogP contribution < -0.4 is 5.32 Å². The lowest BCUT2D eigenvalue weighted by Gasteiger charge is -2.29. The van der Waals surface area contributed by atoms with E-state index >= 15 is 0 Å².